The summed E-state index contributed by atoms with van der Waals surface area (Å²) < 4.78 is 4.92. The first-order chi connectivity index (χ1) is 9.43. The van der Waals surface area contributed by atoms with E-state index in [0.29, 0.717) is 19.6 Å². The van der Waals surface area contributed by atoms with Crippen LogP contribution in [0.2, 0.25) is 0 Å². The third-order valence-corrected chi connectivity index (χ3v) is 3.15. The van der Waals surface area contributed by atoms with Gasteiger partial charge < -0.3 is 9.84 Å². The van der Waals surface area contributed by atoms with Crippen LogP contribution in [0.1, 0.15) is 36.2 Å². The predicted molar refractivity (Wildman–Crippen MR) is 75.6 cm³/mol. The average molecular weight is 279 g/mol. The van der Waals surface area contributed by atoms with Crippen LogP contribution in [0.4, 0.5) is 0 Å². The Morgan fingerprint density at radius 1 is 1.30 bits per heavy atom. The molecule has 1 aromatic carbocycles. The minimum atomic E-state index is -0.930. The average Bonchev–Trinajstić information content (AvgIpc) is 2.39. The second-order valence-corrected chi connectivity index (χ2v) is 4.78. The summed E-state index contributed by atoms with van der Waals surface area (Å²) in [6, 6.07) is 6.81. The Morgan fingerprint density at radius 2 is 1.90 bits per heavy atom. The molecule has 1 rings (SSSR count). The SMILES string of the molecule is CCOC(=O)CC(C)N(C)Cc1ccc(C(=O)O)cc1. The molecule has 0 spiro atoms. The minimum absolute atomic E-state index is 0.0631. The first-order valence-corrected chi connectivity index (χ1v) is 6.62. The Hall–Kier alpha value is -1.88. The van der Waals surface area contributed by atoms with Gasteiger partial charge in [0.15, 0.2) is 0 Å². The highest BCUT2D eigenvalue weighted by Gasteiger charge is 2.15. The molecule has 0 fully saturated rings. The van der Waals surface area contributed by atoms with E-state index in [4.69, 9.17) is 9.84 Å². The molecular formula is C15H21NO4. The largest absolute Gasteiger partial charge is 0.478 e. The molecule has 5 nitrogen and oxygen atoms in total. The molecule has 0 aliphatic rings. The van der Waals surface area contributed by atoms with Gasteiger partial charge in [0.2, 0.25) is 0 Å². The van der Waals surface area contributed by atoms with E-state index in [-0.39, 0.29) is 17.6 Å². The third kappa shape index (κ3) is 5.01. The van der Waals surface area contributed by atoms with Crippen molar-refractivity contribution < 1.29 is 19.4 Å². The molecule has 1 N–H and O–H groups in total. The zero-order valence-electron chi connectivity index (χ0n) is 12.1. The molecule has 0 aliphatic heterocycles. The number of nitrogens with zero attached hydrogens (tertiary/aromatic N) is 1. The summed E-state index contributed by atoms with van der Waals surface area (Å²) in [5.74, 6) is -1.13. The molecule has 20 heavy (non-hydrogen) atoms. The maximum atomic E-state index is 11.4. The van der Waals surface area contributed by atoms with E-state index in [1.807, 2.05) is 18.9 Å². The maximum Gasteiger partial charge on any atom is 0.335 e. The number of carboxylic acid groups (broad SMARTS) is 1. The zero-order valence-corrected chi connectivity index (χ0v) is 12.1. The van der Waals surface area contributed by atoms with Crippen LogP contribution >= 0.6 is 0 Å². The molecule has 0 amide bonds. The standard InChI is InChI=1S/C15H21NO4/c1-4-20-14(17)9-11(2)16(3)10-12-5-7-13(8-6-12)15(18)19/h5-8,11H,4,9-10H2,1-3H3,(H,18,19). The van der Waals surface area contributed by atoms with Crippen LogP contribution in [-0.4, -0.2) is 41.6 Å². The Bertz CT molecular complexity index is 455. The van der Waals surface area contributed by atoms with Gasteiger partial charge in [-0.25, -0.2) is 4.79 Å². The fraction of sp³-hybridized carbons (Fsp3) is 0.467. The number of esters is 1. The molecule has 0 aliphatic carbocycles. The predicted octanol–water partition coefficient (Wildman–Crippen LogP) is 2.16. The maximum absolute atomic E-state index is 11.4. The normalized spacial score (nSPS) is 12.2. The molecule has 1 atom stereocenters. The molecule has 1 unspecified atom stereocenters. The lowest BCUT2D eigenvalue weighted by molar-refractivity contribution is -0.144. The Balaban J connectivity index is 2.54. The lowest BCUT2D eigenvalue weighted by Gasteiger charge is -2.24. The van der Waals surface area contributed by atoms with E-state index < -0.39 is 5.97 Å². The molecule has 0 saturated carbocycles. The molecule has 0 bridgehead atoms. The number of carbonyl (C=O) groups excluding carboxylic acids is 1. The Morgan fingerprint density at radius 3 is 2.40 bits per heavy atom. The van der Waals surface area contributed by atoms with E-state index >= 15 is 0 Å². The van der Waals surface area contributed by atoms with Crippen molar-refractivity contribution in [2.75, 3.05) is 13.7 Å². The van der Waals surface area contributed by atoms with Gasteiger partial charge in [-0.05, 0) is 38.6 Å². The highest BCUT2D eigenvalue weighted by atomic mass is 16.5. The number of rotatable bonds is 7. The molecule has 0 aromatic heterocycles. The van der Waals surface area contributed by atoms with Crippen LogP contribution in [0.25, 0.3) is 0 Å². The van der Waals surface area contributed by atoms with Crippen molar-refractivity contribution in [3.8, 4) is 0 Å². The van der Waals surface area contributed by atoms with Crippen molar-refractivity contribution in [2.45, 2.75) is 32.9 Å². The van der Waals surface area contributed by atoms with E-state index in [1.165, 1.54) is 0 Å². The number of carboxylic acids is 1. The van der Waals surface area contributed by atoms with Gasteiger partial charge in [-0.1, -0.05) is 12.1 Å². The molecule has 0 heterocycles. The van der Waals surface area contributed by atoms with Crippen molar-refractivity contribution in [3.05, 3.63) is 35.4 Å². The summed E-state index contributed by atoms with van der Waals surface area (Å²) in [6.45, 7) is 4.80. The van der Waals surface area contributed by atoms with Crippen molar-refractivity contribution in [1.82, 2.24) is 4.90 Å². The number of hydrogen-bond acceptors (Lipinski definition) is 4. The van der Waals surface area contributed by atoms with Gasteiger partial charge in [-0.3, -0.25) is 9.69 Å². The van der Waals surface area contributed by atoms with E-state index in [0.717, 1.165) is 5.56 Å². The lowest BCUT2D eigenvalue weighted by Crippen LogP contribution is -2.31. The summed E-state index contributed by atoms with van der Waals surface area (Å²) >= 11 is 0. The molecule has 0 saturated heterocycles. The summed E-state index contributed by atoms with van der Waals surface area (Å²) in [6.07, 6.45) is 0.345. The van der Waals surface area contributed by atoms with Crippen LogP contribution < -0.4 is 0 Å². The van der Waals surface area contributed by atoms with Gasteiger partial charge >= 0.3 is 11.9 Å². The summed E-state index contributed by atoms with van der Waals surface area (Å²) in [5.41, 5.74) is 1.28. The number of carbonyl (C=O) groups is 2. The summed E-state index contributed by atoms with van der Waals surface area (Å²) in [4.78, 5) is 24.2. The fourth-order valence-electron chi connectivity index (χ4n) is 1.81. The van der Waals surface area contributed by atoms with Crippen LogP contribution in [0.5, 0.6) is 0 Å². The second kappa shape index (κ2) is 7.65. The van der Waals surface area contributed by atoms with E-state index in [9.17, 15) is 9.59 Å². The minimum Gasteiger partial charge on any atom is -0.478 e. The highest BCUT2D eigenvalue weighted by Crippen LogP contribution is 2.11. The van der Waals surface area contributed by atoms with Gasteiger partial charge in [0.25, 0.3) is 0 Å². The monoisotopic (exact) mass is 279 g/mol. The highest BCUT2D eigenvalue weighted by molar-refractivity contribution is 5.87. The third-order valence-electron chi connectivity index (χ3n) is 3.15. The van der Waals surface area contributed by atoms with Crippen molar-refractivity contribution in [1.29, 1.82) is 0 Å². The van der Waals surface area contributed by atoms with Crippen molar-refractivity contribution in [3.63, 3.8) is 0 Å². The molecular weight excluding hydrogens is 258 g/mol. The second-order valence-electron chi connectivity index (χ2n) is 4.78. The first-order valence-electron chi connectivity index (χ1n) is 6.62. The van der Waals surface area contributed by atoms with Gasteiger partial charge in [-0.15, -0.1) is 0 Å². The Labute approximate surface area is 119 Å². The van der Waals surface area contributed by atoms with Crippen molar-refractivity contribution in [2.24, 2.45) is 0 Å². The zero-order chi connectivity index (χ0) is 15.1. The van der Waals surface area contributed by atoms with Gasteiger partial charge in [-0.2, -0.15) is 0 Å². The number of benzene rings is 1. The van der Waals surface area contributed by atoms with Gasteiger partial charge in [0.1, 0.15) is 0 Å². The van der Waals surface area contributed by atoms with Crippen LogP contribution in [-0.2, 0) is 16.1 Å². The molecule has 0 radical (unpaired) electrons. The lowest BCUT2D eigenvalue weighted by atomic mass is 10.1. The van der Waals surface area contributed by atoms with Crippen molar-refractivity contribution >= 4 is 11.9 Å². The quantitative estimate of drug-likeness (QED) is 0.775. The van der Waals surface area contributed by atoms with Crippen LogP contribution in [0.3, 0.4) is 0 Å². The number of aromatic carboxylic acids is 1. The van der Waals surface area contributed by atoms with Crippen LogP contribution in [0, 0.1) is 0 Å². The van der Waals surface area contributed by atoms with E-state index in [2.05, 4.69) is 0 Å². The van der Waals surface area contributed by atoms with E-state index in [1.54, 1.807) is 31.2 Å². The number of hydrogen-bond donors (Lipinski definition) is 1. The summed E-state index contributed by atoms with van der Waals surface area (Å²) in [5, 5.41) is 8.83. The van der Waals surface area contributed by atoms with Crippen LogP contribution in [0.15, 0.2) is 24.3 Å². The smallest absolute Gasteiger partial charge is 0.335 e. The Kier molecular flexibility index (Phi) is 6.18. The van der Waals surface area contributed by atoms with Gasteiger partial charge in [0, 0.05) is 12.6 Å². The molecule has 1 aromatic rings. The number of ether oxygens (including phenoxy) is 1. The van der Waals surface area contributed by atoms with Gasteiger partial charge in [0.05, 0.1) is 18.6 Å². The topological polar surface area (TPSA) is 66.8 Å². The fourth-order valence-corrected chi connectivity index (χ4v) is 1.81. The molecule has 110 valence electrons. The summed E-state index contributed by atoms with van der Waals surface area (Å²) in [7, 11) is 1.93. The molecule has 5 heteroatoms. The first kappa shape index (κ1) is 16.2.